The van der Waals surface area contributed by atoms with Crippen LogP contribution in [0, 0.1) is 16.7 Å². The summed E-state index contributed by atoms with van der Waals surface area (Å²) in [5.41, 5.74) is -0.288. The standard InChI is InChI=1S/C17H23NO3/c1-16(2)13(10-11-17(16,3)15(20)21-4)14(19)18-12-8-6-5-7-9-12/h5-9,13H,10-11H2,1-4H3,(H,18,19)/t13-,17+/m0/s1. The van der Waals surface area contributed by atoms with E-state index in [0.29, 0.717) is 12.8 Å². The highest BCUT2D eigenvalue weighted by atomic mass is 16.5. The SMILES string of the molecule is COC(=O)[C@@]1(C)CC[C@@H](C(=O)Nc2ccccc2)C1(C)C. The topological polar surface area (TPSA) is 55.4 Å². The maximum atomic E-state index is 12.6. The van der Waals surface area contributed by atoms with Gasteiger partial charge in [0.1, 0.15) is 0 Å². The van der Waals surface area contributed by atoms with E-state index < -0.39 is 10.8 Å². The van der Waals surface area contributed by atoms with Crippen LogP contribution in [-0.4, -0.2) is 19.0 Å². The molecule has 0 aliphatic heterocycles. The van der Waals surface area contributed by atoms with Gasteiger partial charge in [-0.15, -0.1) is 0 Å². The first kappa shape index (κ1) is 15.5. The average molecular weight is 289 g/mol. The van der Waals surface area contributed by atoms with Crippen molar-refractivity contribution in [2.75, 3.05) is 12.4 Å². The molecule has 1 amide bonds. The predicted octanol–water partition coefficient (Wildman–Crippen LogP) is 3.24. The molecule has 114 valence electrons. The summed E-state index contributed by atoms with van der Waals surface area (Å²) in [7, 11) is 1.40. The number of anilines is 1. The minimum Gasteiger partial charge on any atom is -0.469 e. The molecule has 0 saturated heterocycles. The van der Waals surface area contributed by atoms with E-state index in [0.717, 1.165) is 5.69 Å². The highest BCUT2D eigenvalue weighted by molar-refractivity contribution is 5.94. The van der Waals surface area contributed by atoms with Gasteiger partial charge in [0.25, 0.3) is 0 Å². The molecule has 0 radical (unpaired) electrons. The fourth-order valence-corrected chi connectivity index (χ4v) is 3.30. The number of nitrogens with one attached hydrogen (secondary N) is 1. The maximum absolute atomic E-state index is 12.6. The average Bonchev–Trinajstić information content (AvgIpc) is 2.70. The smallest absolute Gasteiger partial charge is 0.312 e. The number of hydrogen-bond acceptors (Lipinski definition) is 3. The molecule has 0 heterocycles. The predicted molar refractivity (Wildman–Crippen MR) is 81.7 cm³/mol. The van der Waals surface area contributed by atoms with Crippen LogP contribution in [0.25, 0.3) is 0 Å². The lowest BCUT2D eigenvalue weighted by molar-refractivity contribution is -0.158. The van der Waals surface area contributed by atoms with Crippen LogP contribution >= 0.6 is 0 Å². The number of hydrogen-bond donors (Lipinski definition) is 1. The van der Waals surface area contributed by atoms with Crippen molar-refractivity contribution in [3.05, 3.63) is 30.3 Å². The maximum Gasteiger partial charge on any atom is 0.312 e. The van der Waals surface area contributed by atoms with Crippen molar-refractivity contribution in [1.29, 1.82) is 0 Å². The van der Waals surface area contributed by atoms with E-state index in [2.05, 4.69) is 5.32 Å². The van der Waals surface area contributed by atoms with Crippen LogP contribution in [0.15, 0.2) is 30.3 Å². The van der Waals surface area contributed by atoms with Crippen LogP contribution in [0.5, 0.6) is 0 Å². The summed E-state index contributed by atoms with van der Waals surface area (Å²) in [6.07, 6.45) is 1.36. The van der Waals surface area contributed by atoms with Gasteiger partial charge in [0.05, 0.1) is 12.5 Å². The summed E-state index contributed by atoms with van der Waals surface area (Å²) in [6.45, 7) is 5.85. The van der Waals surface area contributed by atoms with Crippen LogP contribution in [0.3, 0.4) is 0 Å². The molecule has 1 N–H and O–H groups in total. The van der Waals surface area contributed by atoms with Crippen molar-refractivity contribution >= 4 is 17.6 Å². The molecule has 1 saturated carbocycles. The number of methoxy groups -OCH3 is 1. The monoisotopic (exact) mass is 289 g/mol. The zero-order valence-corrected chi connectivity index (χ0v) is 13.1. The Labute approximate surface area is 125 Å². The molecular formula is C17H23NO3. The molecule has 0 unspecified atom stereocenters. The Morgan fingerprint density at radius 3 is 2.38 bits per heavy atom. The summed E-state index contributed by atoms with van der Waals surface area (Å²) in [4.78, 5) is 24.7. The van der Waals surface area contributed by atoms with Gasteiger partial charge in [-0.2, -0.15) is 0 Å². The normalized spacial score (nSPS) is 27.1. The van der Waals surface area contributed by atoms with E-state index >= 15 is 0 Å². The summed E-state index contributed by atoms with van der Waals surface area (Å²) in [6, 6.07) is 9.39. The number of carbonyl (C=O) groups excluding carboxylic acids is 2. The third-order valence-electron chi connectivity index (χ3n) is 5.22. The van der Waals surface area contributed by atoms with Gasteiger partial charge in [-0.05, 0) is 37.3 Å². The zero-order valence-electron chi connectivity index (χ0n) is 13.1. The second-order valence-electron chi connectivity index (χ2n) is 6.49. The molecule has 2 rings (SSSR count). The first-order valence-corrected chi connectivity index (χ1v) is 7.27. The van der Waals surface area contributed by atoms with Gasteiger partial charge in [0.15, 0.2) is 0 Å². The van der Waals surface area contributed by atoms with Gasteiger partial charge in [-0.25, -0.2) is 0 Å². The number of para-hydroxylation sites is 1. The second kappa shape index (κ2) is 5.51. The first-order valence-electron chi connectivity index (χ1n) is 7.27. The van der Waals surface area contributed by atoms with E-state index in [4.69, 9.17) is 4.74 Å². The first-order chi connectivity index (χ1) is 9.83. The summed E-state index contributed by atoms with van der Waals surface area (Å²) in [5, 5.41) is 2.94. The Morgan fingerprint density at radius 2 is 1.81 bits per heavy atom. The number of ether oxygens (including phenoxy) is 1. The van der Waals surface area contributed by atoms with Gasteiger partial charge in [-0.1, -0.05) is 32.0 Å². The van der Waals surface area contributed by atoms with Crippen LogP contribution in [0.1, 0.15) is 33.6 Å². The number of benzene rings is 1. The molecule has 0 aromatic heterocycles. The Balaban J connectivity index is 2.18. The van der Waals surface area contributed by atoms with Crippen LogP contribution < -0.4 is 5.32 Å². The van der Waals surface area contributed by atoms with Crippen molar-refractivity contribution in [3.63, 3.8) is 0 Å². The van der Waals surface area contributed by atoms with Gasteiger partial charge in [0, 0.05) is 11.6 Å². The molecule has 1 aliphatic rings. The molecule has 2 atom stereocenters. The van der Waals surface area contributed by atoms with Gasteiger partial charge < -0.3 is 10.1 Å². The molecule has 1 aromatic rings. The summed E-state index contributed by atoms with van der Waals surface area (Å²) < 4.78 is 4.95. The fraction of sp³-hybridized carbons (Fsp3) is 0.529. The van der Waals surface area contributed by atoms with Crippen molar-refractivity contribution in [1.82, 2.24) is 0 Å². The molecule has 21 heavy (non-hydrogen) atoms. The minimum absolute atomic E-state index is 0.0289. The molecular weight excluding hydrogens is 266 g/mol. The van der Waals surface area contributed by atoms with Gasteiger partial charge in [0.2, 0.25) is 5.91 Å². The molecule has 1 aliphatic carbocycles. The number of esters is 1. The van der Waals surface area contributed by atoms with Crippen molar-refractivity contribution in [2.45, 2.75) is 33.6 Å². The highest BCUT2D eigenvalue weighted by Gasteiger charge is 2.58. The third kappa shape index (κ3) is 2.55. The van der Waals surface area contributed by atoms with Gasteiger partial charge in [-0.3, -0.25) is 9.59 Å². The molecule has 0 bridgehead atoms. The van der Waals surface area contributed by atoms with Crippen LogP contribution in [-0.2, 0) is 14.3 Å². The molecule has 0 spiro atoms. The Bertz CT molecular complexity index is 538. The lowest BCUT2D eigenvalue weighted by atomic mass is 9.65. The Hall–Kier alpha value is -1.84. The van der Waals surface area contributed by atoms with Crippen molar-refractivity contribution in [3.8, 4) is 0 Å². The fourth-order valence-electron chi connectivity index (χ4n) is 3.30. The third-order valence-corrected chi connectivity index (χ3v) is 5.22. The number of amides is 1. The van der Waals surface area contributed by atoms with Crippen LogP contribution in [0.4, 0.5) is 5.69 Å². The summed E-state index contributed by atoms with van der Waals surface area (Å²) in [5.74, 6) is -0.469. The van der Waals surface area contributed by atoms with E-state index in [1.165, 1.54) is 7.11 Å². The molecule has 1 fully saturated rings. The van der Waals surface area contributed by atoms with E-state index in [1.807, 2.05) is 51.1 Å². The quantitative estimate of drug-likeness (QED) is 0.869. The highest BCUT2D eigenvalue weighted by Crippen LogP contribution is 2.56. The van der Waals surface area contributed by atoms with E-state index in [9.17, 15) is 9.59 Å². The Morgan fingerprint density at radius 1 is 1.19 bits per heavy atom. The molecule has 4 nitrogen and oxygen atoms in total. The van der Waals surface area contributed by atoms with E-state index in [1.54, 1.807) is 0 Å². The van der Waals surface area contributed by atoms with Gasteiger partial charge >= 0.3 is 5.97 Å². The Kier molecular flexibility index (Phi) is 4.08. The summed E-state index contributed by atoms with van der Waals surface area (Å²) >= 11 is 0. The number of rotatable bonds is 3. The molecule has 1 aromatic carbocycles. The van der Waals surface area contributed by atoms with Crippen LogP contribution in [0.2, 0.25) is 0 Å². The lowest BCUT2D eigenvalue weighted by Crippen LogP contribution is -2.44. The van der Waals surface area contributed by atoms with Crippen molar-refractivity contribution < 1.29 is 14.3 Å². The molecule has 4 heteroatoms. The largest absolute Gasteiger partial charge is 0.469 e. The lowest BCUT2D eigenvalue weighted by Gasteiger charge is -2.38. The number of carbonyl (C=O) groups is 2. The van der Waals surface area contributed by atoms with E-state index in [-0.39, 0.29) is 17.8 Å². The van der Waals surface area contributed by atoms with Crippen molar-refractivity contribution in [2.24, 2.45) is 16.7 Å². The zero-order chi connectivity index (χ0) is 15.7. The second-order valence-corrected chi connectivity index (χ2v) is 6.49. The minimum atomic E-state index is -0.625.